The van der Waals surface area contributed by atoms with E-state index in [1.807, 2.05) is 37.3 Å². The molecule has 12 nitrogen and oxygen atoms in total. The van der Waals surface area contributed by atoms with Crippen LogP contribution in [0.25, 0.3) is 22.5 Å². The van der Waals surface area contributed by atoms with Gasteiger partial charge in [0.1, 0.15) is 17.2 Å². The number of nitrogens with zero attached hydrogens (tertiary/aromatic N) is 6. The third kappa shape index (κ3) is 4.09. The molecule has 172 valence electrons. The van der Waals surface area contributed by atoms with E-state index in [0.29, 0.717) is 34.8 Å². The van der Waals surface area contributed by atoms with Gasteiger partial charge in [-0.1, -0.05) is 35.5 Å². The van der Waals surface area contributed by atoms with Crippen molar-refractivity contribution in [3.63, 3.8) is 0 Å². The molecule has 0 bridgehead atoms. The zero-order chi connectivity index (χ0) is 23.5. The largest absolute Gasteiger partial charge is 0.394 e. The lowest BCUT2D eigenvalue weighted by Gasteiger charge is -2.19. The Morgan fingerprint density at radius 3 is 2.74 bits per heavy atom. The Kier molecular flexibility index (Phi) is 5.70. The zero-order valence-electron chi connectivity index (χ0n) is 18.1. The second-order valence-corrected chi connectivity index (χ2v) is 7.37. The average Bonchev–Trinajstić information content (AvgIpc) is 3.51. The summed E-state index contributed by atoms with van der Waals surface area (Å²) in [4.78, 5) is 29.6. The molecule has 0 amide bonds. The molecule has 12 heteroatoms. The van der Waals surface area contributed by atoms with Gasteiger partial charge in [-0.2, -0.15) is 9.97 Å². The molecular weight excluding hydrogens is 438 g/mol. The number of rotatable bonds is 8. The molecule has 0 radical (unpaired) electrons. The summed E-state index contributed by atoms with van der Waals surface area (Å²) in [5.74, 6) is 1.34. The van der Waals surface area contributed by atoms with Crippen molar-refractivity contribution in [2.24, 2.45) is 0 Å². The van der Waals surface area contributed by atoms with Crippen molar-refractivity contribution in [1.82, 2.24) is 34.9 Å². The number of aryl methyl sites for hydroxylation is 1. The third-order valence-corrected chi connectivity index (χ3v) is 5.24. The molecule has 0 aliphatic rings. The van der Waals surface area contributed by atoms with Crippen molar-refractivity contribution in [1.29, 1.82) is 0 Å². The van der Waals surface area contributed by atoms with Crippen LogP contribution in [0.3, 0.4) is 0 Å². The number of aliphatic hydroxyl groups is 1. The van der Waals surface area contributed by atoms with Crippen molar-refractivity contribution >= 4 is 28.6 Å². The minimum Gasteiger partial charge on any atom is -0.394 e. The number of aliphatic hydroxyl groups excluding tert-OH is 1. The highest BCUT2D eigenvalue weighted by atomic mass is 16.5. The number of benzene rings is 1. The summed E-state index contributed by atoms with van der Waals surface area (Å²) in [5, 5.41) is 23.2. The molecule has 0 unspecified atom stereocenters. The van der Waals surface area contributed by atoms with Gasteiger partial charge in [0.15, 0.2) is 12.0 Å². The van der Waals surface area contributed by atoms with E-state index in [4.69, 9.17) is 4.52 Å². The van der Waals surface area contributed by atoms with E-state index in [9.17, 15) is 9.90 Å². The van der Waals surface area contributed by atoms with Crippen LogP contribution in [0, 0.1) is 0 Å². The highest BCUT2D eigenvalue weighted by Gasteiger charge is 2.19. The van der Waals surface area contributed by atoms with Crippen molar-refractivity contribution < 1.29 is 9.63 Å². The van der Waals surface area contributed by atoms with E-state index in [0.717, 1.165) is 5.56 Å². The molecule has 0 fully saturated rings. The molecule has 5 aromatic rings. The van der Waals surface area contributed by atoms with Gasteiger partial charge in [0.05, 0.1) is 18.0 Å². The number of hydrogen-bond donors (Lipinski definition) is 4. The summed E-state index contributed by atoms with van der Waals surface area (Å²) >= 11 is 0. The molecule has 4 aromatic heterocycles. The first kappa shape index (κ1) is 21.3. The molecule has 4 N–H and O–H groups in total. The van der Waals surface area contributed by atoms with Crippen LogP contribution in [0.4, 0.5) is 17.6 Å². The van der Waals surface area contributed by atoms with Gasteiger partial charge in [0.25, 0.3) is 11.4 Å². The van der Waals surface area contributed by atoms with Crippen LogP contribution < -0.4 is 16.2 Å². The fourth-order valence-electron chi connectivity index (χ4n) is 3.57. The summed E-state index contributed by atoms with van der Waals surface area (Å²) in [6.07, 6.45) is 2.83. The van der Waals surface area contributed by atoms with Crippen LogP contribution in [0.1, 0.15) is 18.5 Å². The average molecular weight is 459 g/mol. The molecule has 1 aromatic carbocycles. The van der Waals surface area contributed by atoms with Crippen LogP contribution in [0.15, 0.2) is 64.3 Å². The maximum atomic E-state index is 12.1. The van der Waals surface area contributed by atoms with Gasteiger partial charge >= 0.3 is 0 Å². The number of H-pyrrole nitrogens is 1. The van der Waals surface area contributed by atoms with Gasteiger partial charge in [0.2, 0.25) is 5.95 Å². The summed E-state index contributed by atoms with van der Waals surface area (Å²) < 4.78 is 6.87. The van der Waals surface area contributed by atoms with Gasteiger partial charge < -0.3 is 20.3 Å². The SMILES string of the molecule is CCn1[nH]c(=O)c2ccc(Nc3ncc(-c4ncno4)c(N[C@H](CO)c4ccccc4)n3)nc21. The molecule has 0 spiro atoms. The molecule has 1 atom stereocenters. The van der Waals surface area contributed by atoms with Crippen molar-refractivity contribution in [2.75, 3.05) is 17.2 Å². The second-order valence-electron chi connectivity index (χ2n) is 7.37. The van der Waals surface area contributed by atoms with E-state index in [-0.39, 0.29) is 24.0 Å². The summed E-state index contributed by atoms with van der Waals surface area (Å²) in [7, 11) is 0. The Balaban J connectivity index is 1.50. The molecule has 5 rings (SSSR count). The first-order valence-corrected chi connectivity index (χ1v) is 10.6. The lowest BCUT2D eigenvalue weighted by Crippen LogP contribution is -2.17. The number of pyridine rings is 1. The Bertz CT molecular complexity index is 1460. The van der Waals surface area contributed by atoms with Gasteiger partial charge in [-0.15, -0.1) is 0 Å². The Morgan fingerprint density at radius 2 is 2.00 bits per heavy atom. The molecule has 0 aliphatic heterocycles. The summed E-state index contributed by atoms with van der Waals surface area (Å²) in [6, 6.07) is 12.4. The van der Waals surface area contributed by atoms with Crippen LogP contribution in [0.2, 0.25) is 0 Å². The Hall–Kier alpha value is -4.58. The highest BCUT2D eigenvalue weighted by Crippen LogP contribution is 2.29. The van der Waals surface area contributed by atoms with Gasteiger partial charge in [-0.05, 0) is 24.6 Å². The van der Waals surface area contributed by atoms with Gasteiger partial charge in [-0.3, -0.25) is 14.6 Å². The van der Waals surface area contributed by atoms with Crippen LogP contribution >= 0.6 is 0 Å². The number of nitrogens with one attached hydrogen (secondary N) is 3. The minimum atomic E-state index is -0.432. The van der Waals surface area contributed by atoms with Crippen molar-refractivity contribution in [3.8, 4) is 11.5 Å². The van der Waals surface area contributed by atoms with Crippen LogP contribution in [-0.4, -0.2) is 46.6 Å². The number of anilines is 3. The van der Waals surface area contributed by atoms with E-state index in [2.05, 4.69) is 40.8 Å². The molecule has 4 heterocycles. The van der Waals surface area contributed by atoms with E-state index in [1.54, 1.807) is 23.0 Å². The lowest BCUT2D eigenvalue weighted by atomic mass is 10.1. The molecule has 0 saturated carbocycles. The van der Waals surface area contributed by atoms with E-state index < -0.39 is 6.04 Å². The fraction of sp³-hybridized carbons (Fsp3) is 0.182. The lowest BCUT2D eigenvalue weighted by molar-refractivity contribution is 0.276. The summed E-state index contributed by atoms with van der Waals surface area (Å²) in [5.41, 5.74) is 1.69. The number of aromatic amines is 1. The Morgan fingerprint density at radius 1 is 1.15 bits per heavy atom. The summed E-state index contributed by atoms with van der Waals surface area (Å²) in [6.45, 7) is 2.32. The number of fused-ring (bicyclic) bond motifs is 1. The normalized spacial score (nSPS) is 12.1. The van der Waals surface area contributed by atoms with Crippen LogP contribution in [-0.2, 0) is 6.54 Å². The van der Waals surface area contributed by atoms with Gasteiger partial charge in [0, 0.05) is 12.7 Å². The monoisotopic (exact) mass is 459 g/mol. The van der Waals surface area contributed by atoms with Gasteiger partial charge in [-0.25, -0.2) is 9.97 Å². The van der Waals surface area contributed by atoms with E-state index in [1.165, 1.54) is 6.33 Å². The fourth-order valence-corrected chi connectivity index (χ4v) is 3.57. The Labute approximate surface area is 192 Å². The maximum absolute atomic E-state index is 12.1. The standard InChI is InChI=1S/C22H21N9O3/c1-2-31-19-14(20(33)30-31)8-9-17(27-19)28-22-23-10-15(21-24-12-25-34-21)18(29-22)26-16(11-32)13-6-4-3-5-7-13/h3-10,12,16,32H,2,11H2,1H3,(H,30,33)(H2,23,26,27,28,29)/t16-/m1/s1. The second kappa shape index (κ2) is 9.11. The van der Waals surface area contributed by atoms with Crippen molar-refractivity contribution in [2.45, 2.75) is 19.5 Å². The molecule has 0 saturated heterocycles. The smallest absolute Gasteiger partial charge is 0.273 e. The predicted molar refractivity (Wildman–Crippen MR) is 125 cm³/mol. The van der Waals surface area contributed by atoms with E-state index >= 15 is 0 Å². The first-order chi connectivity index (χ1) is 16.7. The maximum Gasteiger partial charge on any atom is 0.273 e. The van der Waals surface area contributed by atoms with Crippen molar-refractivity contribution in [3.05, 3.63) is 70.9 Å². The number of aromatic nitrogens is 7. The zero-order valence-corrected chi connectivity index (χ0v) is 18.1. The molecular formula is C22H21N9O3. The quantitative estimate of drug-likeness (QED) is 0.271. The highest BCUT2D eigenvalue weighted by molar-refractivity contribution is 5.77. The minimum absolute atomic E-state index is 0.166. The topological polar surface area (TPSA) is 160 Å². The predicted octanol–water partition coefficient (Wildman–Crippen LogP) is 2.47. The third-order valence-electron chi connectivity index (χ3n) is 5.24. The first-order valence-electron chi connectivity index (χ1n) is 10.6. The molecule has 0 aliphatic carbocycles. The number of hydrogen-bond acceptors (Lipinski definition) is 10. The molecule has 34 heavy (non-hydrogen) atoms. The van der Waals surface area contributed by atoms with Crippen LogP contribution in [0.5, 0.6) is 0 Å².